The number of rotatable bonds is 5. The highest BCUT2D eigenvalue weighted by Gasteiger charge is 2.11. The van der Waals surface area contributed by atoms with Crippen LogP contribution in [0.2, 0.25) is 0 Å². The van der Waals surface area contributed by atoms with E-state index in [1.54, 1.807) is 33.5 Å². The number of carbonyl (C=O) groups is 1. The van der Waals surface area contributed by atoms with Gasteiger partial charge in [0.25, 0.3) is 0 Å². The Morgan fingerprint density at radius 2 is 1.75 bits per heavy atom. The number of nitrogens with one attached hydrogen (secondary N) is 1. The van der Waals surface area contributed by atoms with Crippen LogP contribution in [-0.4, -0.2) is 33.8 Å². The third kappa shape index (κ3) is 4.39. The molecule has 0 unspecified atom stereocenters. The van der Waals surface area contributed by atoms with Crippen LogP contribution in [0.5, 0.6) is 17.2 Å². The van der Waals surface area contributed by atoms with Gasteiger partial charge in [0, 0.05) is 25.5 Å². The van der Waals surface area contributed by atoms with E-state index in [1.165, 1.54) is 6.92 Å². The minimum Gasteiger partial charge on any atom is -0.493 e. The molecule has 1 amide bonds. The maximum absolute atomic E-state index is 10.7. The quantitative estimate of drug-likeness (QED) is 0.656. The Hall–Kier alpha value is -2.35. The molecule has 108 valence electrons. The molecule has 1 rings (SSSR count). The van der Waals surface area contributed by atoms with Crippen molar-refractivity contribution in [3.05, 3.63) is 17.7 Å². The van der Waals surface area contributed by atoms with E-state index >= 15 is 0 Å². The zero-order valence-electron chi connectivity index (χ0n) is 12.2. The highest BCUT2D eigenvalue weighted by atomic mass is 16.5. The molecule has 0 fully saturated rings. The topological polar surface area (TPSA) is 56.8 Å². The smallest absolute Gasteiger partial charge is 0.216 e. The molecular weight excluding hydrogens is 258 g/mol. The second-order valence-electron chi connectivity index (χ2n) is 3.95. The lowest BCUT2D eigenvalue weighted by molar-refractivity contribution is -0.118. The normalized spacial score (nSPS) is 9.20. The fraction of sp³-hybridized carbons (Fsp3) is 0.400. The first kappa shape index (κ1) is 15.7. The summed E-state index contributed by atoms with van der Waals surface area (Å²) in [5, 5.41) is 2.68. The highest BCUT2D eigenvalue weighted by molar-refractivity contribution is 5.72. The lowest BCUT2D eigenvalue weighted by atomic mass is 10.2. The number of hydrogen-bond acceptors (Lipinski definition) is 4. The number of carbonyl (C=O) groups excluding carboxylic acids is 1. The molecule has 1 aromatic carbocycles. The van der Waals surface area contributed by atoms with Gasteiger partial charge in [0.05, 0.1) is 21.3 Å². The molecule has 5 heteroatoms. The molecule has 20 heavy (non-hydrogen) atoms. The van der Waals surface area contributed by atoms with Gasteiger partial charge in [0.1, 0.15) is 0 Å². The first-order chi connectivity index (χ1) is 9.62. The van der Waals surface area contributed by atoms with Crippen LogP contribution < -0.4 is 19.5 Å². The van der Waals surface area contributed by atoms with Gasteiger partial charge >= 0.3 is 0 Å². The van der Waals surface area contributed by atoms with Crippen molar-refractivity contribution in [1.82, 2.24) is 5.32 Å². The van der Waals surface area contributed by atoms with Gasteiger partial charge in [-0.3, -0.25) is 4.79 Å². The Kier molecular flexibility index (Phi) is 6.24. The van der Waals surface area contributed by atoms with Gasteiger partial charge in [-0.05, 0) is 12.1 Å². The largest absolute Gasteiger partial charge is 0.493 e. The lowest BCUT2D eigenvalue weighted by Gasteiger charge is -2.12. The Bertz CT molecular complexity index is 503. The van der Waals surface area contributed by atoms with E-state index in [9.17, 15) is 4.79 Å². The van der Waals surface area contributed by atoms with Crippen LogP contribution in [0.25, 0.3) is 0 Å². The van der Waals surface area contributed by atoms with Crippen LogP contribution >= 0.6 is 0 Å². The number of methoxy groups -OCH3 is 3. The van der Waals surface area contributed by atoms with Crippen molar-refractivity contribution in [1.29, 1.82) is 0 Å². The van der Waals surface area contributed by atoms with Crippen LogP contribution in [0.4, 0.5) is 0 Å². The minimum absolute atomic E-state index is 0.0559. The second kappa shape index (κ2) is 7.95. The molecular formula is C15H19NO4. The maximum atomic E-state index is 10.7. The van der Waals surface area contributed by atoms with Crippen LogP contribution in [0.3, 0.4) is 0 Å². The fourth-order valence-corrected chi connectivity index (χ4v) is 1.62. The van der Waals surface area contributed by atoms with Crippen molar-refractivity contribution in [3.8, 4) is 29.1 Å². The van der Waals surface area contributed by atoms with E-state index in [2.05, 4.69) is 17.2 Å². The molecule has 0 radical (unpaired) electrons. The molecule has 0 aromatic heterocycles. The van der Waals surface area contributed by atoms with E-state index < -0.39 is 0 Å². The zero-order valence-corrected chi connectivity index (χ0v) is 12.2. The maximum Gasteiger partial charge on any atom is 0.216 e. The minimum atomic E-state index is -0.0559. The van der Waals surface area contributed by atoms with Crippen molar-refractivity contribution in [3.63, 3.8) is 0 Å². The van der Waals surface area contributed by atoms with Crippen molar-refractivity contribution < 1.29 is 19.0 Å². The van der Waals surface area contributed by atoms with Gasteiger partial charge in [0.15, 0.2) is 11.5 Å². The molecule has 0 bridgehead atoms. The van der Waals surface area contributed by atoms with Gasteiger partial charge in [-0.15, -0.1) is 0 Å². The molecule has 0 aliphatic carbocycles. The number of amides is 1. The lowest BCUT2D eigenvalue weighted by Crippen LogP contribution is -2.20. The van der Waals surface area contributed by atoms with E-state index in [0.717, 1.165) is 5.56 Å². The third-order valence-corrected chi connectivity index (χ3v) is 2.52. The van der Waals surface area contributed by atoms with Gasteiger partial charge in [-0.2, -0.15) is 0 Å². The standard InChI is InChI=1S/C15H19NO4/c1-11(17)16-8-6-5-7-12-9-13(18-2)15(20-4)14(10-12)19-3/h9-10H,6,8H2,1-4H3,(H,16,17). The fourth-order valence-electron chi connectivity index (χ4n) is 1.62. The predicted octanol–water partition coefficient (Wildman–Crippen LogP) is 1.59. The zero-order chi connectivity index (χ0) is 15.0. The first-order valence-electron chi connectivity index (χ1n) is 6.15. The van der Waals surface area contributed by atoms with Gasteiger partial charge < -0.3 is 19.5 Å². The number of hydrogen-bond donors (Lipinski definition) is 1. The van der Waals surface area contributed by atoms with E-state index in [4.69, 9.17) is 14.2 Å². The predicted molar refractivity (Wildman–Crippen MR) is 76.3 cm³/mol. The third-order valence-electron chi connectivity index (χ3n) is 2.52. The van der Waals surface area contributed by atoms with Crippen molar-refractivity contribution in [2.24, 2.45) is 0 Å². The average Bonchev–Trinajstić information content (AvgIpc) is 2.45. The molecule has 0 atom stereocenters. The number of benzene rings is 1. The molecule has 1 N–H and O–H groups in total. The molecule has 5 nitrogen and oxygen atoms in total. The molecule has 0 heterocycles. The molecule has 0 spiro atoms. The number of ether oxygens (including phenoxy) is 3. The van der Waals surface area contributed by atoms with Gasteiger partial charge in [-0.1, -0.05) is 11.8 Å². The van der Waals surface area contributed by atoms with Crippen molar-refractivity contribution in [2.45, 2.75) is 13.3 Å². The summed E-state index contributed by atoms with van der Waals surface area (Å²) in [7, 11) is 4.68. The Morgan fingerprint density at radius 3 is 2.20 bits per heavy atom. The Labute approximate surface area is 119 Å². The summed E-state index contributed by atoms with van der Waals surface area (Å²) in [6.45, 7) is 2.01. The summed E-state index contributed by atoms with van der Waals surface area (Å²) >= 11 is 0. The summed E-state index contributed by atoms with van der Waals surface area (Å²) in [5.41, 5.74) is 0.766. The van der Waals surface area contributed by atoms with Crippen molar-refractivity contribution in [2.75, 3.05) is 27.9 Å². The van der Waals surface area contributed by atoms with Gasteiger partial charge in [0.2, 0.25) is 11.7 Å². The van der Waals surface area contributed by atoms with E-state index in [1.807, 2.05) is 0 Å². The van der Waals surface area contributed by atoms with Crippen LogP contribution in [0.1, 0.15) is 18.9 Å². The molecule has 1 aromatic rings. The van der Waals surface area contributed by atoms with Crippen LogP contribution in [0, 0.1) is 11.8 Å². The Morgan fingerprint density at radius 1 is 1.15 bits per heavy atom. The van der Waals surface area contributed by atoms with Crippen molar-refractivity contribution >= 4 is 5.91 Å². The molecule has 0 aliphatic heterocycles. The second-order valence-corrected chi connectivity index (χ2v) is 3.95. The summed E-state index contributed by atoms with van der Waals surface area (Å²) in [6, 6.07) is 3.57. The summed E-state index contributed by atoms with van der Waals surface area (Å²) in [5.74, 6) is 7.60. The summed E-state index contributed by atoms with van der Waals surface area (Å²) in [4.78, 5) is 10.7. The molecule has 0 aliphatic rings. The SMILES string of the molecule is COc1cc(C#CCCNC(C)=O)cc(OC)c1OC. The Balaban J connectivity index is 2.86. The monoisotopic (exact) mass is 277 g/mol. The highest BCUT2D eigenvalue weighted by Crippen LogP contribution is 2.37. The molecule has 0 saturated carbocycles. The van der Waals surface area contributed by atoms with E-state index in [0.29, 0.717) is 30.2 Å². The summed E-state index contributed by atoms with van der Waals surface area (Å²) in [6.07, 6.45) is 0.580. The average molecular weight is 277 g/mol. The van der Waals surface area contributed by atoms with E-state index in [-0.39, 0.29) is 5.91 Å². The molecule has 0 saturated heterocycles. The van der Waals surface area contributed by atoms with Gasteiger partial charge in [-0.25, -0.2) is 0 Å². The van der Waals surface area contributed by atoms with Crippen LogP contribution in [-0.2, 0) is 4.79 Å². The first-order valence-corrected chi connectivity index (χ1v) is 6.15. The van der Waals surface area contributed by atoms with Crippen LogP contribution in [0.15, 0.2) is 12.1 Å². The summed E-state index contributed by atoms with van der Waals surface area (Å²) < 4.78 is 15.7.